The van der Waals surface area contributed by atoms with Gasteiger partial charge in [-0.05, 0) is 25.0 Å². The summed E-state index contributed by atoms with van der Waals surface area (Å²) in [5, 5.41) is 13.5. The maximum atomic E-state index is 12.1. The molecule has 20 heavy (non-hydrogen) atoms. The Hall–Kier alpha value is -1.66. The Morgan fingerprint density at radius 3 is 2.30 bits per heavy atom. The highest BCUT2D eigenvalue weighted by atomic mass is 35.5. The first kappa shape index (κ1) is 16.4. The van der Waals surface area contributed by atoms with Crippen molar-refractivity contribution in [3.05, 3.63) is 39.9 Å². The topological polar surface area (TPSA) is 98.3 Å². The van der Waals surface area contributed by atoms with Crippen LogP contribution in [-0.4, -0.2) is 22.9 Å². The number of hydrogen-bond donors (Lipinski definition) is 2. The summed E-state index contributed by atoms with van der Waals surface area (Å²) in [6.45, 7) is 0.422. The third-order valence-electron chi connectivity index (χ3n) is 3.67. The fourth-order valence-electron chi connectivity index (χ4n) is 2.48. The zero-order chi connectivity index (χ0) is 13.9. The largest absolute Gasteiger partial charge is 0.345 e. The van der Waals surface area contributed by atoms with E-state index in [0.29, 0.717) is 12.1 Å². The third-order valence-corrected chi connectivity index (χ3v) is 3.67. The Balaban J connectivity index is 0.00000200. The monoisotopic (exact) mass is 299 g/mol. The van der Waals surface area contributed by atoms with E-state index in [1.165, 1.54) is 24.3 Å². The van der Waals surface area contributed by atoms with Crippen LogP contribution in [0.5, 0.6) is 0 Å². The van der Waals surface area contributed by atoms with Crippen LogP contribution >= 0.6 is 12.4 Å². The molecule has 0 spiro atoms. The third kappa shape index (κ3) is 3.46. The van der Waals surface area contributed by atoms with E-state index in [1.807, 2.05) is 0 Å². The van der Waals surface area contributed by atoms with Gasteiger partial charge in [0.15, 0.2) is 0 Å². The molecule has 0 bridgehead atoms. The maximum absolute atomic E-state index is 12.1. The molecule has 0 saturated heterocycles. The molecule has 0 heterocycles. The van der Waals surface area contributed by atoms with Gasteiger partial charge in [-0.25, -0.2) is 0 Å². The van der Waals surface area contributed by atoms with Gasteiger partial charge in [0.2, 0.25) is 0 Å². The SMILES string of the molecule is Cl.NCC1(NC(=O)c2ccc([N+](=O)[O-])cc2)CCCC1. The van der Waals surface area contributed by atoms with Crippen molar-refractivity contribution in [2.75, 3.05) is 6.54 Å². The van der Waals surface area contributed by atoms with Crippen molar-refractivity contribution in [2.24, 2.45) is 5.73 Å². The Morgan fingerprint density at radius 2 is 1.85 bits per heavy atom. The van der Waals surface area contributed by atoms with Crippen molar-refractivity contribution >= 4 is 24.0 Å². The molecule has 7 heteroatoms. The molecular formula is C13H18ClN3O3. The number of nitro groups is 1. The first-order valence-corrected chi connectivity index (χ1v) is 6.33. The molecule has 1 aromatic rings. The molecule has 1 fully saturated rings. The fourth-order valence-corrected chi connectivity index (χ4v) is 2.48. The maximum Gasteiger partial charge on any atom is 0.269 e. The van der Waals surface area contributed by atoms with Crippen molar-refractivity contribution in [3.63, 3.8) is 0 Å². The van der Waals surface area contributed by atoms with Crippen molar-refractivity contribution in [3.8, 4) is 0 Å². The summed E-state index contributed by atoms with van der Waals surface area (Å²) in [6.07, 6.45) is 3.92. The van der Waals surface area contributed by atoms with E-state index in [2.05, 4.69) is 5.32 Å². The number of nitrogens with one attached hydrogen (secondary N) is 1. The number of nitro benzene ring substituents is 1. The second kappa shape index (κ2) is 6.67. The predicted octanol–water partition coefficient (Wildman–Crippen LogP) is 2.02. The van der Waals surface area contributed by atoms with Gasteiger partial charge >= 0.3 is 0 Å². The molecule has 3 N–H and O–H groups in total. The molecule has 1 aromatic carbocycles. The van der Waals surface area contributed by atoms with Crippen LogP contribution in [0, 0.1) is 10.1 Å². The Bertz CT molecular complexity index is 484. The first-order valence-electron chi connectivity index (χ1n) is 6.33. The number of benzene rings is 1. The van der Waals surface area contributed by atoms with Crippen LogP contribution in [-0.2, 0) is 0 Å². The number of carbonyl (C=O) groups excluding carboxylic acids is 1. The molecular weight excluding hydrogens is 282 g/mol. The predicted molar refractivity (Wildman–Crippen MR) is 78.1 cm³/mol. The Labute approximate surface area is 123 Å². The van der Waals surface area contributed by atoms with E-state index in [1.54, 1.807) is 0 Å². The molecule has 0 radical (unpaired) electrons. The molecule has 1 amide bonds. The quantitative estimate of drug-likeness (QED) is 0.656. The van der Waals surface area contributed by atoms with E-state index in [-0.39, 0.29) is 29.5 Å². The summed E-state index contributed by atoms with van der Waals surface area (Å²) in [5.41, 5.74) is 5.85. The lowest BCUT2D eigenvalue weighted by Gasteiger charge is -2.28. The summed E-state index contributed by atoms with van der Waals surface area (Å²) < 4.78 is 0. The number of amides is 1. The number of carbonyl (C=O) groups is 1. The molecule has 0 atom stereocenters. The first-order chi connectivity index (χ1) is 9.06. The van der Waals surface area contributed by atoms with Gasteiger partial charge in [0, 0.05) is 24.2 Å². The smallest absolute Gasteiger partial charge is 0.269 e. The standard InChI is InChI=1S/C13H17N3O3.ClH/c14-9-13(7-1-2-8-13)15-12(17)10-3-5-11(6-4-10)16(18)19;/h3-6H,1-2,7-9,14H2,(H,15,17);1H. The van der Waals surface area contributed by atoms with E-state index in [4.69, 9.17) is 5.73 Å². The zero-order valence-corrected chi connectivity index (χ0v) is 11.8. The fraction of sp³-hybridized carbons (Fsp3) is 0.462. The number of halogens is 1. The number of rotatable bonds is 4. The average Bonchev–Trinajstić information content (AvgIpc) is 2.88. The van der Waals surface area contributed by atoms with Gasteiger partial charge in [-0.15, -0.1) is 12.4 Å². The van der Waals surface area contributed by atoms with E-state index in [9.17, 15) is 14.9 Å². The van der Waals surface area contributed by atoms with Crippen LogP contribution < -0.4 is 11.1 Å². The van der Waals surface area contributed by atoms with Gasteiger partial charge in [-0.1, -0.05) is 12.8 Å². The van der Waals surface area contributed by atoms with Gasteiger partial charge in [0.25, 0.3) is 11.6 Å². The highest BCUT2D eigenvalue weighted by Gasteiger charge is 2.34. The van der Waals surface area contributed by atoms with E-state index in [0.717, 1.165) is 25.7 Å². The molecule has 0 aliphatic heterocycles. The summed E-state index contributed by atoms with van der Waals surface area (Å²) in [5.74, 6) is -0.220. The van der Waals surface area contributed by atoms with Gasteiger partial charge in [0.1, 0.15) is 0 Å². The average molecular weight is 300 g/mol. The minimum atomic E-state index is -0.486. The van der Waals surface area contributed by atoms with Crippen molar-refractivity contribution in [1.29, 1.82) is 0 Å². The molecule has 2 rings (SSSR count). The van der Waals surface area contributed by atoms with Gasteiger partial charge < -0.3 is 11.1 Å². The molecule has 1 aliphatic rings. The molecule has 0 aromatic heterocycles. The van der Waals surface area contributed by atoms with Crippen LogP contribution in [0.1, 0.15) is 36.0 Å². The molecule has 0 unspecified atom stereocenters. The van der Waals surface area contributed by atoms with Gasteiger partial charge in [-0.2, -0.15) is 0 Å². The van der Waals surface area contributed by atoms with Crippen LogP contribution in [0.3, 0.4) is 0 Å². The lowest BCUT2D eigenvalue weighted by Crippen LogP contribution is -2.51. The van der Waals surface area contributed by atoms with Gasteiger partial charge in [0.05, 0.1) is 10.5 Å². The lowest BCUT2D eigenvalue weighted by atomic mass is 9.97. The van der Waals surface area contributed by atoms with Crippen LogP contribution in [0.15, 0.2) is 24.3 Å². The molecule has 1 aliphatic carbocycles. The Kier molecular flexibility index (Phi) is 5.47. The van der Waals surface area contributed by atoms with Crippen molar-refractivity contribution in [2.45, 2.75) is 31.2 Å². The summed E-state index contributed by atoms with van der Waals surface area (Å²) in [4.78, 5) is 22.2. The van der Waals surface area contributed by atoms with Gasteiger partial charge in [-0.3, -0.25) is 14.9 Å². The van der Waals surface area contributed by atoms with Crippen LogP contribution in [0.2, 0.25) is 0 Å². The molecule has 1 saturated carbocycles. The minimum absolute atomic E-state index is 0. The summed E-state index contributed by atoms with van der Waals surface area (Å²) in [6, 6.07) is 5.59. The normalized spacial score (nSPS) is 16.2. The minimum Gasteiger partial charge on any atom is -0.345 e. The summed E-state index contributed by atoms with van der Waals surface area (Å²) in [7, 11) is 0. The van der Waals surface area contributed by atoms with E-state index >= 15 is 0 Å². The highest BCUT2D eigenvalue weighted by Crippen LogP contribution is 2.29. The second-order valence-corrected chi connectivity index (χ2v) is 4.95. The molecule has 110 valence electrons. The van der Waals surface area contributed by atoms with Crippen LogP contribution in [0.25, 0.3) is 0 Å². The van der Waals surface area contributed by atoms with Crippen molar-refractivity contribution in [1.82, 2.24) is 5.32 Å². The molecule has 6 nitrogen and oxygen atoms in total. The number of nitrogens with zero attached hydrogens (tertiary/aromatic N) is 1. The second-order valence-electron chi connectivity index (χ2n) is 4.95. The number of nitrogens with two attached hydrogens (primary N) is 1. The highest BCUT2D eigenvalue weighted by molar-refractivity contribution is 5.95. The van der Waals surface area contributed by atoms with Crippen molar-refractivity contribution < 1.29 is 9.72 Å². The van der Waals surface area contributed by atoms with E-state index < -0.39 is 4.92 Å². The number of hydrogen-bond acceptors (Lipinski definition) is 4. The number of non-ortho nitro benzene ring substituents is 1. The lowest BCUT2D eigenvalue weighted by molar-refractivity contribution is -0.384. The summed E-state index contributed by atoms with van der Waals surface area (Å²) >= 11 is 0. The zero-order valence-electron chi connectivity index (χ0n) is 11.0. The van der Waals surface area contributed by atoms with Crippen LogP contribution in [0.4, 0.5) is 5.69 Å². The Morgan fingerprint density at radius 1 is 1.30 bits per heavy atom.